The fourth-order valence-corrected chi connectivity index (χ4v) is 1.95. The van der Waals surface area contributed by atoms with Crippen LogP contribution in [0.5, 0.6) is 0 Å². The van der Waals surface area contributed by atoms with Gasteiger partial charge in [-0.2, -0.15) is 0 Å². The lowest BCUT2D eigenvalue weighted by molar-refractivity contribution is 0.0378. The topological polar surface area (TPSA) is 59.4 Å². The van der Waals surface area contributed by atoms with Crippen LogP contribution < -0.4 is 10.9 Å². The SMILES string of the molecule is Cn1ccnc(NCCCN2CCOCC2)c1=O. The first-order valence-corrected chi connectivity index (χ1v) is 6.33. The second kappa shape index (κ2) is 6.51. The molecule has 6 heteroatoms. The van der Waals surface area contributed by atoms with Crippen molar-refractivity contribution >= 4 is 5.82 Å². The number of nitrogens with zero attached hydrogens (tertiary/aromatic N) is 3. The molecule has 1 fully saturated rings. The van der Waals surface area contributed by atoms with Gasteiger partial charge in [-0.1, -0.05) is 0 Å². The lowest BCUT2D eigenvalue weighted by Crippen LogP contribution is -2.37. The Hall–Kier alpha value is -1.40. The second-order valence-electron chi connectivity index (χ2n) is 4.43. The number of hydrogen-bond donors (Lipinski definition) is 1. The normalized spacial score (nSPS) is 16.7. The standard InChI is InChI=1S/C12H20N4O2/c1-15-6-4-14-11(12(15)17)13-3-2-5-16-7-9-18-10-8-16/h4,6H,2-3,5,7-10H2,1H3,(H,13,14). The zero-order chi connectivity index (χ0) is 12.8. The van der Waals surface area contributed by atoms with Gasteiger partial charge in [0.1, 0.15) is 0 Å². The molecular formula is C12H20N4O2. The van der Waals surface area contributed by atoms with Crippen molar-refractivity contribution in [2.24, 2.45) is 7.05 Å². The molecule has 0 aliphatic carbocycles. The first kappa shape index (κ1) is 13.0. The number of rotatable bonds is 5. The quantitative estimate of drug-likeness (QED) is 0.742. The molecule has 0 radical (unpaired) electrons. The Balaban J connectivity index is 1.71. The molecule has 1 saturated heterocycles. The van der Waals surface area contributed by atoms with Crippen molar-refractivity contribution in [3.05, 3.63) is 22.7 Å². The summed E-state index contributed by atoms with van der Waals surface area (Å²) in [5, 5.41) is 3.09. The van der Waals surface area contributed by atoms with E-state index in [9.17, 15) is 4.79 Å². The highest BCUT2D eigenvalue weighted by atomic mass is 16.5. The molecule has 1 aromatic heterocycles. The molecule has 1 aliphatic rings. The van der Waals surface area contributed by atoms with Crippen molar-refractivity contribution in [3.8, 4) is 0 Å². The van der Waals surface area contributed by atoms with Gasteiger partial charge in [-0.25, -0.2) is 4.98 Å². The maximum absolute atomic E-state index is 11.7. The van der Waals surface area contributed by atoms with E-state index < -0.39 is 0 Å². The second-order valence-corrected chi connectivity index (χ2v) is 4.43. The van der Waals surface area contributed by atoms with E-state index in [2.05, 4.69) is 15.2 Å². The summed E-state index contributed by atoms with van der Waals surface area (Å²) in [6.45, 7) is 5.46. The summed E-state index contributed by atoms with van der Waals surface area (Å²) in [7, 11) is 1.73. The third-order valence-corrected chi connectivity index (χ3v) is 3.06. The monoisotopic (exact) mass is 252 g/mol. The summed E-state index contributed by atoms with van der Waals surface area (Å²) < 4.78 is 6.82. The Morgan fingerprint density at radius 3 is 3.00 bits per heavy atom. The van der Waals surface area contributed by atoms with Crippen LogP contribution in [0.3, 0.4) is 0 Å². The molecule has 0 aromatic carbocycles. The Morgan fingerprint density at radius 1 is 1.44 bits per heavy atom. The molecular weight excluding hydrogens is 232 g/mol. The number of hydrogen-bond acceptors (Lipinski definition) is 5. The van der Waals surface area contributed by atoms with Crippen molar-refractivity contribution < 1.29 is 4.74 Å². The molecule has 6 nitrogen and oxygen atoms in total. The lowest BCUT2D eigenvalue weighted by Gasteiger charge is -2.26. The van der Waals surface area contributed by atoms with Crippen LogP contribution in [0.15, 0.2) is 17.2 Å². The molecule has 0 saturated carbocycles. The molecule has 0 unspecified atom stereocenters. The van der Waals surface area contributed by atoms with E-state index in [1.165, 1.54) is 4.57 Å². The molecule has 0 atom stereocenters. The minimum Gasteiger partial charge on any atom is -0.379 e. The fourth-order valence-electron chi connectivity index (χ4n) is 1.95. The van der Waals surface area contributed by atoms with E-state index in [0.717, 1.165) is 45.8 Å². The molecule has 0 spiro atoms. The summed E-state index contributed by atoms with van der Waals surface area (Å²) in [5.41, 5.74) is -0.0797. The molecule has 0 amide bonds. The summed E-state index contributed by atoms with van der Waals surface area (Å²) in [5.74, 6) is 0.432. The van der Waals surface area contributed by atoms with Crippen LogP contribution in [0.25, 0.3) is 0 Å². The number of morpholine rings is 1. The first-order chi connectivity index (χ1) is 8.77. The van der Waals surface area contributed by atoms with E-state index in [-0.39, 0.29) is 5.56 Å². The van der Waals surface area contributed by atoms with Gasteiger partial charge < -0.3 is 14.6 Å². The van der Waals surface area contributed by atoms with Crippen LogP contribution >= 0.6 is 0 Å². The summed E-state index contributed by atoms with van der Waals surface area (Å²) in [6, 6.07) is 0. The minimum absolute atomic E-state index is 0.0797. The number of aryl methyl sites for hydroxylation is 1. The van der Waals surface area contributed by atoms with Gasteiger partial charge in [-0.3, -0.25) is 9.69 Å². The third kappa shape index (κ3) is 3.54. The highest BCUT2D eigenvalue weighted by Gasteiger charge is 2.09. The molecule has 1 N–H and O–H groups in total. The van der Waals surface area contributed by atoms with Crippen LogP contribution in [-0.2, 0) is 11.8 Å². The van der Waals surface area contributed by atoms with Crippen molar-refractivity contribution in [2.75, 3.05) is 44.7 Å². The van der Waals surface area contributed by atoms with E-state index >= 15 is 0 Å². The van der Waals surface area contributed by atoms with Crippen LogP contribution in [-0.4, -0.2) is 53.8 Å². The van der Waals surface area contributed by atoms with Gasteiger partial charge in [0.15, 0.2) is 5.82 Å². The maximum atomic E-state index is 11.7. The van der Waals surface area contributed by atoms with Gasteiger partial charge in [0, 0.05) is 39.1 Å². The van der Waals surface area contributed by atoms with Gasteiger partial charge in [-0.15, -0.1) is 0 Å². The van der Waals surface area contributed by atoms with E-state index in [1.807, 2.05) is 0 Å². The van der Waals surface area contributed by atoms with Crippen molar-refractivity contribution in [1.82, 2.24) is 14.5 Å². The van der Waals surface area contributed by atoms with E-state index in [1.54, 1.807) is 19.4 Å². The van der Waals surface area contributed by atoms with Gasteiger partial charge in [-0.05, 0) is 13.0 Å². The average Bonchev–Trinajstić information content (AvgIpc) is 2.40. The molecule has 100 valence electrons. The van der Waals surface area contributed by atoms with Crippen molar-refractivity contribution in [1.29, 1.82) is 0 Å². The Morgan fingerprint density at radius 2 is 2.22 bits per heavy atom. The number of anilines is 1. The molecule has 2 rings (SSSR count). The predicted octanol–water partition coefficient (Wildman–Crippen LogP) is -0.0855. The zero-order valence-electron chi connectivity index (χ0n) is 10.8. The van der Waals surface area contributed by atoms with Crippen LogP contribution in [0.4, 0.5) is 5.82 Å². The fraction of sp³-hybridized carbons (Fsp3) is 0.667. The van der Waals surface area contributed by atoms with E-state index in [4.69, 9.17) is 4.74 Å². The Labute approximate surface area is 107 Å². The van der Waals surface area contributed by atoms with Crippen molar-refractivity contribution in [3.63, 3.8) is 0 Å². The minimum atomic E-state index is -0.0797. The zero-order valence-corrected chi connectivity index (χ0v) is 10.8. The first-order valence-electron chi connectivity index (χ1n) is 6.33. The lowest BCUT2D eigenvalue weighted by atomic mass is 10.3. The van der Waals surface area contributed by atoms with Crippen LogP contribution in [0.1, 0.15) is 6.42 Å². The predicted molar refractivity (Wildman–Crippen MR) is 69.8 cm³/mol. The number of ether oxygens (including phenoxy) is 1. The summed E-state index contributed by atoms with van der Waals surface area (Å²) >= 11 is 0. The maximum Gasteiger partial charge on any atom is 0.293 e. The highest BCUT2D eigenvalue weighted by molar-refractivity contribution is 5.30. The third-order valence-electron chi connectivity index (χ3n) is 3.06. The molecule has 0 bridgehead atoms. The van der Waals surface area contributed by atoms with Gasteiger partial charge in [0.25, 0.3) is 5.56 Å². The molecule has 2 heterocycles. The number of nitrogens with one attached hydrogen (secondary N) is 1. The van der Waals surface area contributed by atoms with Crippen molar-refractivity contribution in [2.45, 2.75) is 6.42 Å². The smallest absolute Gasteiger partial charge is 0.293 e. The van der Waals surface area contributed by atoms with Gasteiger partial charge in [0.2, 0.25) is 0 Å². The summed E-state index contributed by atoms with van der Waals surface area (Å²) in [6.07, 6.45) is 4.28. The Kier molecular flexibility index (Phi) is 4.72. The largest absolute Gasteiger partial charge is 0.379 e. The molecule has 1 aliphatic heterocycles. The average molecular weight is 252 g/mol. The summed E-state index contributed by atoms with van der Waals surface area (Å²) in [4.78, 5) is 18.1. The molecule has 18 heavy (non-hydrogen) atoms. The number of aromatic nitrogens is 2. The van der Waals surface area contributed by atoms with E-state index in [0.29, 0.717) is 5.82 Å². The van der Waals surface area contributed by atoms with Gasteiger partial charge in [0.05, 0.1) is 13.2 Å². The van der Waals surface area contributed by atoms with Gasteiger partial charge >= 0.3 is 0 Å². The Bertz CT molecular complexity index is 426. The van der Waals surface area contributed by atoms with Crippen LogP contribution in [0.2, 0.25) is 0 Å². The van der Waals surface area contributed by atoms with Crippen LogP contribution in [0, 0.1) is 0 Å². The highest BCUT2D eigenvalue weighted by Crippen LogP contribution is 1.98. The molecule has 1 aromatic rings.